The van der Waals surface area contributed by atoms with Crippen molar-refractivity contribution in [3.8, 4) is 0 Å². The van der Waals surface area contributed by atoms with Crippen LogP contribution in [0.2, 0.25) is 0 Å². The highest BCUT2D eigenvalue weighted by atomic mass is 32.1. The van der Waals surface area contributed by atoms with Gasteiger partial charge in [-0.2, -0.15) is 13.2 Å². The van der Waals surface area contributed by atoms with Crippen LogP contribution in [0.1, 0.15) is 51.8 Å². The number of aromatic nitrogens is 1. The van der Waals surface area contributed by atoms with E-state index in [1.54, 1.807) is 28.5 Å². The molecule has 2 aromatic carbocycles. The maximum Gasteiger partial charge on any atom is 0.416 e. The maximum atomic E-state index is 12.7. The van der Waals surface area contributed by atoms with Gasteiger partial charge in [0, 0.05) is 36.5 Å². The fraction of sp³-hybridized carbons (Fsp3) is 0.320. The number of nitrogen functional groups attached to an aromatic ring is 2. The minimum Gasteiger partial charge on any atom is -0.397 e. The van der Waals surface area contributed by atoms with Crippen LogP contribution in [-0.4, -0.2) is 34.8 Å². The van der Waals surface area contributed by atoms with Crippen LogP contribution in [0.5, 0.6) is 0 Å². The molecule has 2 amide bonds. The SMILES string of the molecule is Nc1ccc(NC(=O)c2csc(C3CCN(C(=O)CCc4ccc(C(F)(F)F)cc4)CC3)n2)cc1N. The molecular formula is C25H26F3N5O2S. The lowest BCUT2D eigenvalue weighted by Gasteiger charge is -2.31. The van der Waals surface area contributed by atoms with Crippen LogP contribution in [0.4, 0.5) is 30.2 Å². The molecule has 0 saturated carbocycles. The number of likely N-dealkylation sites (tertiary alicyclic amines) is 1. The number of halogens is 3. The maximum absolute atomic E-state index is 12.7. The third-order valence-corrected chi connectivity index (χ3v) is 7.21. The van der Waals surface area contributed by atoms with Gasteiger partial charge in [0.25, 0.3) is 5.91 Å². The van der Waals surface area contributed by atoms with E-state index in [1.807, 2.05) is 0 Å². The third kappa shape index (κ3) is 6.14. The van der Waals surface area contributed by atoms with Gasteiger partial charge in [-0.05, 0) is 55.2 Å². The molecule has 0 atom stereocenters. The molecule has 0 bridgehead atoms. The molecule has 190 valence electrons. The van der Waals surface area contributed by atoms with Gasteiger partial charge in [-0.25, -0.2) is 4.98 Å². The topological polar surface area (TPSA) is 114 Å². The number of amides is 2. The van der Waals surface area contributed by atoms with Crippen molar-refractivity contribution in [1.82, 2.24) is 9.88 Å². The minimum absolute atomic E-state index is 0.0182. The number of thiazole rings is 1. The van der Waals surface area contributed by atoms with Gasteiger partial charge < -0.3 is 21.7 Å². The van der Waals surface area contributed by atoms with Crippen LogP contribution < -0.4 is 16.8 Å². The molecule has 2 heterocycles. The van der Waals surface area contributed by atoms with E-state index >= 15 is 0 Å². The van der Waals surface area contributed by atoms with Crippen LogP contribution in [0, 0.1) is 0 Å². The molecule has 1 aromatic heterocycles. The number of carbonyl (C=O) groups is 2. The van der Waals surface area contributed by atoms with Crippen molar-refractivity contribution < 1.29 is 22.8 Å². The second kappa shape index (κ2) is 10.6. The summed E-state index contributed by atoms with van der Waals surface area (Å²) in [6.45, 7) is 1.14. The molecule has 1 fully saturated rings. The van der Waals surface area contributed by atoms with Gasteiger partial charge in [0.1, 0.15) is 5.69 Å². The van der Waals surface area contributed by atoms with E-state index in [2.05, 4.69) is 10.3 Å². The standard InChI is InChI=1S/C25H26F3N5O2S/c26-25(27,28)17-4-1-15(2-5-17)3-8-22(34)33-11-9-16(10-12-33)24-32-21(14-36-24)23(35)31-18-6-7-19(29)20(30)13-18/h1-2,4-7,13-14,16H,3,8-12,29-30H2,(H,31,35). The Balaban J connectivity index is 1.25. The Labute approximate surface area is 210 Å². The minimum atomic E-state index is -4.37. The highest BCUT2D eigenvalue weighted by molar-refractivity contribution is 7.10. The Hall–Kier alpha value is -3.60. The van der Waals surface area contributed by atoms with Gasteiger partial charge >= 0.3 is 6.18 Å². The van der Waals surface area contributed by atoms with Crippen LogP contribution in [0.15, 0.2) is 47.8 Å². The van der Waals surface area contributed by atoms with Crippen LogP contribution in [-0.2, 0) is 17.4 Å². The molecule has 3 aromatic rings. The van der Waals surface area contributed by atoms with Gasteiger partial charge in [0.05, 0.1) is 21.9 Å². The molecule has 7 nitrogen and oxygen atoms in total. The van der Waals surface area contributed by atoms with E-state index < -0.39 is 11.7 Å². The molecule has 0 radical (unpaired) electrons. The molecule has 1 aliphatic heterocycles. The van der Waals surface area contributed by atoms with E-state index in [9.17, 15) is 22.8 Å². The second-order valence-corrected chi connectivity index (χ2v) is 9.61. The van der Waals surface area contributed by atoms with E-state index in [-0.39, 0.29) is 24.2 Å². The van der Waals surface area contributed by atoms with Crippen LogP contribution in [0.25, 0.3) is 0 Å². The Morgan fingerprint density at radius 2 is 1.75 bits per heavy atom. The third-order valence-electron chi connectivity index (χ3n) is 6.20. The first-order valence-electron chi connectivity index (χ1n) is 11.5. The first kappa shape index (κ1) is 25.5. The Bertz CT molecular complexity index is 1240. The average molecular weight is 518 g/mol. The number of piperidine rings is 1. The summed E-state index contributed by atoms with van der Waals surface area (Å²) in [7, 11) is 0. The summed E-state index contributed by atoms with van der Waals surface area (Å²) in [5.41, 5.74) is 13.2. The molecule has 5 N–H and O–H groups in total. The average Bonchev–Trinajstić information content (AvgIpc) is 3.35. The lowest BCUT2D eigenvalue weighted by atomic mass is 9.97. The van der Waals surface area contributed by atoms with Crippen molar-refractivity contribution in [3.05, 3.63) is 69.7 Å². The lowest BCUT2D eigenvalue weighted by molar-refractivity contribution is -0.137. The van der Waals surface area contributed by atoms with Crippen molar-refractivity contribution >= 4 is 40.2 Å². The number of anilines is 3. The normalized spacial score (nSPS) is 14.6. The monoisotopic (exact) mass is 517 g/mol. The van der Waals surface area contributed by atoms with Gasteiger partial charge in [0.15, 0.2) is 0 Å². The van der Waals surface area contributed by atoms with E-state index in [0.29, 0.717) is 47.8 Å². The largest absolute Gasteiger partial charge is 0.416 e. The Kier molecular flexibility index (Phi) is 7.48. The van der Waals surface area contributed by atoms with E-state index in [4.69, 9.17) is 11.5 Å². The molecule has 11 heteroatoms. The molecule has 0 aliphatic carbocycles. The number of nitrogens with two attached hydrogens (primary N) is 2. The lowest BCUT2D eigenvalue weighted by Crippen LogP contribution is -2.38. The van der Waals surface area contributed by atoms with Gasteiger partial charge in [-0.15, -0.1) is 11.3 Å². The second-order valence-electron chi connectivity index (χ2n) is 8.72. The van der Waals surface area contributed by atoms with Gasteiger partial charge in [0.2, 0.25) is 5.91 Å². The number of carbonyl (C=O) groups excluding carboxylic acids is 2. The zero-order valence-corrected chi connectivity index (χ0v) is 20.2. The van der Waals surface area contributed by atoms with E-state index in [1.165, 1.54) is 23.5 Å². The quantitative estimate of drug-likeness (QED) is 0.402. The van der Waals surface area contributed by atoms with Crippen molar-refractivity contribution in [1.29, 1.82) is 0 Å². The Morgan fingerprint density at radius 1 is 1.06 bits per heavy atom. The molecule has 0 spiro atoms. The summed E-state index contributed by atoms with van der Waals surface area (Å²) >= 11 is 1.42. The number of rotatable bonds is 6. The number of nitrogens with zero attached hydrogens (tertiary/aromatic N) is 2. The summed E-state index contributed by atoms with van der Waals surface area (Å²) in [5.74, 6) is -0.199. The van der Waals surface area contributed by atoms with E-state index in [0.717, 1.165) is 30.0 Å². The van der Waals surface area contributed by atoms with Crippen molar-refractivity contribution in [2.24, 2.45) is 0 Å². The molecule has 1 saturated heterocycles. The molecule has 36 heavy (non-hydrogen) atoms. The summed E-state index contributed by atoms with van der Waals surface area (Å²) in [4.78, 5) is 31.5. The van der Waals surface area contributed by atoms with Crippen molar-refractivity contribution in [2.75, 3.05) is 29.9 Å². The summed E-state index contributed by atoms with van der Waals surface area (Å²) in [5, 5.41) is 5.33. The van der Waals surface area contributed by atoms with Crippen molar-refractivity contribution in [3.63, 3.8) is 0 Å². The summed E-state index contributed by atoms with van der Waals surface area (Å²) in [6, 6.07) is 9.79. The highest BCUT2D eigenvalue weighted by Crippen LogP contribution is 2.32. The molecule has 1 aliphatic rings. The predicted molar refractivity (Wildman–Crippen MR) is 134 cm³/mol. The molecular weight excluding hydrogens is 491 g/mol. The van der Waals surface area contributed by atoms with Crippen LogP contribution >= 0.6 is 11.3 Å². The summed E-state index contributed by atoms with van der Waals surface area (Å²) in [6.07, 6.45) is -2.27. The van der Waals surface area contributed by atoms with Crippen molar-refractivity contribution in [2.45, 2.75) is 37.8 Å². The van der Waals surface area contributed by atoms with Crippen LogP contribution in [0.3, 0.4) is 0 Å². The zero-order valence-electron chi connectivity index (χ0n) is 19.3. The van der Waals surface area contributed by atoms with Gasteiger partial charge in [-0.1, -0.05) is 12.1 Å². The first-order valence-corrected chi connectivity index (χ1v) is 12.3. The van der Waals surface area contributed by atoms with Gasteiger partial charge in [-0.3, -0.25) is 9.59 Å². The predicted octanol–water partition coefficient (Wildman–Crippen LogP) is 4.92. The number of alkyl halides is 3. The zero-order chi connectivity index (χ0) is 25.9. The number of hydrogen-bond donors (Lipinski definition) is 3. The fourth-order valence-electron chi connectivity index (χ4n) is 4.07. The number of aryl methyl sites for hydroxylation is 1. The first-order chi connectivity index (χ1) is 17.1. The molecule has 0 unspecified atom stereocenters. The summed E-state index contributed by atoms with van der Waals surface area (Å²) < 4.78 is 38.1. The number of nitrogens with one attached hydrogen (secondary N) is 1. The molecule has 4 rings (SSSR count). The smallest absolute Gasteiger partial charge is 0.397 e. The number of benzene rings is 2. The number of hydrogen-bond acceptors (Lipinski definition) is 6. The fourth-order valence-corrected chi connectivity index (χ4v) is 5.04. The Morgan fingerprint density at radius 3 is 2.39 bits per heavy atom. The highest BCUT2D eigenvalue weighted by Gasteiger charge is 2.30.